The number of aromatic nitrogens is 2. The molecule has 2 aromatic rings. The van der Waals surface area contributed by atoms with Gasteiger partial charge >= 0.3 is 5.97 Å². The van der Waals surface area contributed by atoms with Gasteiger partial charge in [-0.25, -0.2) is 0 Å². The fraction of sp³-hybridized carbons (Fsp3) is 0.273. The molecule has 0 fully saturated rings. The Morgan fingerprint density at radius 3 is 2.88 bits per heavy atom. The summed E-state index contributed by atoms with van der Waals surface area (Å²) in [4.78, 5) is 10.5. The van der Waals surface area contributed by atoms with E-state index in [1.807, 2.05) is 0 Å². The number of nitrogens with one attached hydrogen (secondary N) is 1. The third-order valence-electron chi connectivity index (χ3n) is 2.58. The molecule has 0 bridgehead atoms. The Bertz CT molecular complexity index is 537. The van der Waals surface area contributed by atoms with Crippen LogP contribution in [0, 0.1) is 0 Å². The molecule has 17 heavy (non-hydrogen) atoms. The van der Waals surface area contributed by atoms with E-state index in [2.05, 4.69) is 10.2 Å². The lowest BCUT2D eigenvalue weighted by Crippen LogP contribution is -2.22. The van der Waals surface area contributed by atoms with Gasteiger partial charge in [0.2, 0.25) is 0 Å². The van der Waals surface area contributed by atoms with Gasteiger partial charge in [0.1, 0.15) is 6.10 Å². The van der Waals surface area contributed by atoms with Gasteiger partial charge in [0.15, 0.2) is 0 Å². The lowest BCUT2D eigenvalue weighted by Gasteiger charge is -2.16. The summed E-state index contributed by atoms with van der Waals surface area (Å²) in [5.74, 6) is -1.16. The number of hydrogen-bond donors (Lipinski definition) is 4. The predicted octanol–water partition coefficient (Wildman–Crippen LogP) is 0.432. The van der Waals surface area contributed by atoms with Gasteiger partial charge in [-0.05, 0) is 0 Å². The second-order valence-corrected chi connectivity index (χ2v) is 3.79. The lowest BCUT2D eigenvalue weighted by atomic mass is 10.0. The van der Waals surface area contributed by atoms with Gasteiger partial charge in [-0.2, -0.15) is 5.10 Å². The second-order valence-electron chi connectivity index (χ2n) is 3.79. The summed E-state index contributed by atoms with van der Waals surface area (Å²) in [6, 6.07) is 5.14. The molecule has 0 aliphatic rings. The van der Waals surface area contributed by atoms with Crippen LogP contribution in [0.5, 0.6) is 0 Å². The number of hydrogen-bond acceptors (Lipinski definition) is 4. The number of aliphatic hydroxyl groups is 2. The Labute approximate surface area is 96.5 Å². The van der Waals surface area contributed by atoms with E-state index in [1.54, 1.807) is 24.4 Å². The Balaban J connectivity index is 2.32. The molecule has 2 atom stereocenters. The van der Waals surface area contributed by atoms with Crippen LogP contribution in [0.25, 0.3) is 10.9 Å². The van der Waals surface area contributed by atoms with Crippen molar-refractivity contribution in [3.8, 4) is 0 Å². The number of aliphatic carboxylic acids is 1. The SMILES string of the molecule is O=C(O)CC(O)C(O)c1cccc2cn[nH]c12. The Hall–Kier alpha value is -1.92. The molecule has 90 valence electrons. The third kappa shape index (κ3) is 2.27. The molecule has 1 aromatic heterocycles. The number of H-pyrrole nitrogens is 1. The maximum absolute atomic E-state index is 10.5. The lowest BCUT2D eigenvalue weighted by molar-refractivity contribution is -0.141. The van der Waals surface area contributed by atoms with E-state index in [0.29, 0.717) is 11.1 Å². The van der Waals surface area contributed by atoms with Gasteiger partial charge in [-0.15, -0.1) is 0 Å². The minimum atomic E-state index is -1.35. The average Bonchev–Trinajstić information content (AvgIpc) is 2.74. The molecule has 0 spiro atoms. The highest BCUT2D eigenvalue weighted by Gasteiger charge is 2.23. The molecule has 0 aliphatic heterocycles. The number of fused-ring (bicyclic) bond motifs is 1. The van der Waals surface area contributed by atoms with Crippen LogP contribution in [-0.4, -0.2) is 37.6 Å². The average molecular weight is 236 g/mol. The standard InChI is InChI=1S/C11H12N2O4/c14-8(4-9(15)16)11(17)7-3-1-2-6-5-12-13-10(6)7/h1-3,5,8,11,14,17H,4H2,(H,12,13)(H,15,16). The van der Waals surface area contributed by atoms with Gasteiger partial charge in [0.05, 0.1) is 24.2 Å². The summed E-state index contributed by atoms with van der Waals surface area (Å²) < 4.78 is 0. The van der Waals surface area contributed by atoms with E-state index in [4.69, 9.17) is 5.11 Å². The second kappa shape index (κ2) is 4.52. The smallest absolute Gasteiger partial charge is 0.306 e. The quantitative estimate of drug-likeness (QED) is 0.616. The number of carboxylic acid groups (broad SMARTS) is 1. The van der Waals surface area contributed by atoms with Gasteiger partial charge in [-0.3, -0.25) is 9.89 Å². The highest BCUT2D eigenvalue weighted by molar-refractivity contribution is 5.81. The van der Waals surface area contributed by atoms with Crippen molar-refractivity contribution in [1.82, 2.24) is 10.2 Å². The molecular formula is C11H12N2O4. The van der Waals surface area contributed by atoms with Crippen molar-refractivity contribution in [1.29, 1.82) is 0 Å². The zero-order chi connectivity index (χ0) is 12.4. The molecule has 4 N–H and O–H groups in total. The molecule has 1 heterocycles. The molecule has 0 amide bonds. The summed E-state index contributed by atoms with van der Waals surface area (Å²) in [7, 11) is 0. The van der Waals surface area contributed by atoms with Crippen LogP contribution in [0.1, 0.15) is 18.1 Å². The first kappa shape index (κ1) is 11.6. The molecule has 2 rings (SSSR count). The molecule has 0 radical (unpaired) electrons. The number of aromatic amines is 1. The molecule has 0 saturated carbocycles. The Morgan fingerprint density at radius 2 is 2.18 bits per heavy atom. The molecule has 0 saturated heterocycles. The van der Waals surface area contributed by atoms with Crippen LogP contribution >= 0.6 is 0 Å². The highest BCUT2D eigenvalue weighted by atomic mass is 16.4. The molecular weight excluding hydrogens is 224 g/mol. The summed E-state index contributed by atoms with van der Waals surface area (Å²) in [6.45, 7) is 0. The number of carboxylic acids is 1. The maximum Gasteiger partial charge on any atom is 0.306 e. The minimum Gasteiger partial charge on any atom is -0.481 e. The number of aliphatic hydroxyl groups excluding tert-OH is 2. The fourth-order valence-electron chi connectivity index (χ4n) is 1.74. The van der Waals surface area contributed by atoms with Crippen molar-refractivity contribution < 1.29 is 20.1 Å². The Kier molecular flexibility index (Phi) is 3.08. The number of rotatable bonds is 4. The normalized spacial score (nSPS) is 14.7. The van der Waals surface area contributed by atoms with Crippen LogP contribution in [-0.2, 0) is 4.79 Å². The van der Waals surface area contributed by atoms with Crippen molar-refractivity contribution in [3.05, 3.63) is 30.0 Å². The van der Waals surface area contributed by atoms with Crippen LogP contribution in [0.2, 0.25) is 0 Å². The zero-order valence-corrected chi connectivity index (χ0v) is 8.87. The van der Waals surface area contributed by atoms with E-state index in [9.17, 15) is 15.0 Å². The van der Waals surface area contributed by atoms with E-state index in [-0.39, 0.29) is 0 Å². The topological polar surface area (TPSA) is 106 Å². The zero-order valence-electron chi connectivity index (χ0n) is 8.87. The van der Waals surface area contributed by atoms with Crippen LogP contribution < -0.4 is 0 Å². The largest absolute Gasteiger partial charge is 0.481 e. The van der Waals surface area contributed by atoms with Crippen molar-refractivity contribution in [2.24, 2.45) is 0 Å². The van der Waals surface area contributed by atoms with Gasteiger partial charge in [-0.1, -0.05) is 18.2 Å². The van der Waals surface area contributed by atoms with Crippen LogP contribution in [0.3, 0.4) is 0 Å². The van der Waals surface area contributed by atoms with Crippen molar-refractivity contribution in [2.75, 3.05) is 0 Å². The highest BCUT2D eigenvalue weighted by Crippen LogP contribution is 2.25. The molecule has 0 aliphatic carbocycles. The first-order valence-electron chi connectivity index (χ1n) is 5.09. The third-order valence-corrected chi connectivity index (χ3v) is 2.58. The molecule has 1 aromatic carbocycles. The first-order chi connectivity index (χ1) is 8.09. The van der Waals surface area contributed by atoms with Crippen LogP contribution in [0.4, 0.5) is 0 Å². The van der Waals surface area contributed by atoms with Gasteiger partial charge < -0.3 is 15.3 Å². The Morgan fingerprint density at radius 1 is 1.41 bits per heavy atom. The van der Waals surface area contributed by atoms with Crippen LogP contribution in [0.15, 0.2) is 24.4 Å². The number of benzene rings is 1. The minimum absolute atomic E-state index is 0.439. The summed E-state index contributed by atoms with van der Waals surface area (Å²) in [6.07, 6.45) is -1.52. The number of para-hydroxylation sites is 1. The van der Waals surface area contributed by atoms with Gasteiger partial charge in [0, 0.05) is 10.9 Å². The van der Waals surface area contributed by atoms with Gasteiger partial charge in [0.25, 0.3) is 0 Å². The molecule has 6 heteroatoms. The van der Waals surface area contributed by atoms with E-state index >= 15 is 0 Å². The van der Waals surface area contributed by atoms with Crippen molar-refractivity contribution in [3.63, 3.8) is 0 Å². The maximum atomic E-state index is 10.5. The number of carbonyl (C=O) groups is 1. The predicted molar refractivity (Wildman–Crippen MR) is 59.3 cm³/mol. The molecule has 6 nitrogen and oxygen atoms in total. The van der Waals surface area contributed by atoms with E-state index in [0.717, 1.165) is 5.39 Å². The number of nitrogens with zero attached hydrogens (tertiary/aromatic N) is 1. The van der Waals surface area contributed by atoms with Crippen molar-refractivity contribution >= 4 is 16.9 Å². The summed E-state index contributed by atoms with van der Waals surface area (Å²) in [5, 5.41) is 35.4. The fourth-order valence-corrected chi connectivity index (χ4v) is 1.74. The summed E-state index contributed by atoms with van der Waals surface area (Å²) in [5.41, 5.74) is 1.04. The molecule has 2 unspecified atom stereocenters. The van der Waals surface area contributed by atoms with Crippen molar-refractivity contribution in [2.45, 2.75) is 18.6 Å². The monoisotopic (exact) mass is 236 g/mol. The van der Waals surface area contributed by atoms with E-state index < -0.39 is 24.6 Å². The van der Waals surface area contributed by atoms with E-state index in [1.165, 1.54) is 0 Å². The summed E-state index contributed by atoms with van der Waals surface area (Å²) >= 11 is 0. The first-order valence-corrected chi connectivity index (χ1v) is 5.09.